The average molecular weight is 213 g/mol. The summed E-state index contributed by atoms with van der Waals surface area (Å²) in [6.07, 6.45) is 1.80. The molecule has 0 amide bonds. The van der Waals surface area contributed by atoms with Gasteiger partial charge in [-0.1, -0.05) is 0 Å². The molecule has 0 bridgehead atoms. The molecule has 1 aliphatic rings. The summed E-state index contributed by atoms with van der Waals surface area (Å²) < 4.78 is 11.1. The molecule has 0 aromatic rings. The van der Waals surface area contributed by atoms with Crippen LogP contribution in [0.1, 0.15) is 19.8 Å². The summed E-state index contributed by atoms with van der Waals surface area (Å²) in [5, 5.41) is 0. The second kappa shape index (κ2) is 4.66. The normalized spacial score (nSPS) is 35.8. The molecule has 0 aliphatic carbocycles. The lowest BCUT2D eigenvalue weighted by molar-refractivity contribution is -0.155. The van der Waals surface area contributed by atoms with Gasteiger partial charge in [-0.3, -0.25) is 0 Å². The Bertz CT molecular complexity index is 143. The Morgan fingerprint density at radius 3 is 2.75 bits per heavy atom. The maximum absolute atomic E-state index is 5.64. The van der Waals surface area contributed by atoms with Crippen molar-refractivity contribution < 1.29 is 9.47 Å². The molecule has 1 fully saturated rings. The molecular weight excluding hydrogens is 199 g/mol. The average Bonchev–Trinajstić information content (AvgIpc) is 2.45. The Morgan fingerprint density at radius 1 is 1.50 bits per heavy atom. The number of ether oxygens (including phenoxy) is 2. The Balaban J connectivity index is 2.31. The first kappa shape index (κ1) is 10.6. The second-order valence-electron chi connectivity index (χ2n) is 3.13. The zero-order valence-corrected chi connectivity index (χ0v) is 8.70. The van der Waals surface area contributed by atoms with Crippen LogP contribution < -0.4 is 0 Å². The molecule has 0 N–H and O–H groups in total. The summed E-state index contributed by atoms with van der Waals surface area (Å²) in [5.74, 6) is 0.693. The lowest BCUT2D eigenvalue weighted by Gasteiger charge is -2.22. The molecule has 1 heterocycles. The number of hydrogen-bond donors (Lipinski definition) is 0. The van der Waals surface area contributed by atoms with Crippen LogP contribution in [0, 0.1) is 0 Å². The number of rotatable bonds is 4. The SMILES string of the molecule is CC1(CCCCl)OCC(CCl)O1. The van der Waals surface area contributed by atoms with Crippen LogP contribution >= 0.6 is 23.2 Å². The maximum atomic E-state index is 5.64. The zero-order valence-electron chi connectivity index (χ0n) is 7.19. The van der Waals surface area contributed by atoms with E-state index in [4.69, 9.17) is 32.7 Å². The minimum absolute atomic E-state index is 0.0481. The number of alkyl halides is 2. The standard InChI is InChI=1S/C8H14Cl2O2/c1-8(3-2-4-9)11-6-7(5-10)12-8/h7H,2-6H2,1H3. The highest BCUT2D eigenvalue weighted by molar-refractivity contribution is 6.18. The van der Waals surface area contributed by atoms with Crippen molar-refractivity contribution in [2.75, 3.05) is 18.4 Å². The number of hydrogen-bond acceptors (Lipinski definition) is 2. The van der Waals surface area contributed by atoms with Crippen LogP contribution in [0.4, 0.5) is 0 Å². The Morgan fingerprint density at radius 2 is 2.25 bits per heavy atom. The Kier molecular flexibility index (Phi) is 4.11. The van der Waals surface area contributed by atoms with E-state index in [9.17, 15) is 0 Å². The molecule has 2 nitrogen and oxygen atoms in total. The van der Waals surface area contributed by atoms with E-state index in [1.54, 1.807) is 0 Å². The third kappa shape index (κ3) is 2.77. The first-order valence-electron chi connectivity index (χ1n) is 4.14. The molecule has 1 rings (SSSR count). The van der Waals surface area contributed by atoms with Gasteiger partial charge in [0, 0.05) is 12.3 Å². The van der Waals surface area contributed by atoms with Gasteiger partial charge in [0.05, 0.1) is 18.6 Å². The quantitative estimate of drug-likeness (QED) is 0.667. The summed E-state index contributed by atoms with van der Waals surface area (Å²) in [5.41, 5.74) is 0. The predicted molar refractivity (Wildman–Crippen MR) is 49.9 cm³/mol. The van der Waals surface area contributed by atoms with Crippen LogP contribution in [-0.4, -0.2) is 30.3 Å². The van der Waals surface area contributed by atoms with Gasteiger partial charge in [0.2, 0.25) is 0 Å². The molecular formula is C8H14Cl2O2. The van der Waals surface area contributed by atoms with Crippen molar-refractivity contribution in [1.29, 1.82) is 0 Å². The van der Waals surface area contributed by atoms with Gasteiger partial charge >= 0.3 is 0 Å². The second-order valence-corrected chi connectivity index (χ2v) is 3.82. The minimum Gasteiger partial charge on any atom is -0.347 e. The van der Waals surface area contributed by atoms with E-state index in [1.807, 2.05) is 6.92 Å². The Labute approximate surface area is 83.1 Å². The molecule has 0 spiro atoms. The third-order valence-electron chi connectivity index (χ3n) is 1.93. The lowest BCUT2D eigenvalue weighted by atomic mass is 10.2. The van der Waals surface area contributed by atoms with E-state index in [0.717, 1.165) is 12.8 Å². The van der Waals surface area contributed by atoms with Gasteiger partial charge in [0.1, 0.15) is 0 Å². The lowest BCUT2D eigenvalue weighted by Crippen LogP contribution is -2.27. The highest BCUT2D eigenvalue weighted by atomic mass is 35.5. The monoisotopic (exact) mass is 212 g/mol. The summed E-state index contributed by atoms with van der Waals surface area (Å²) in [6, 6.07) is 0. The van der Waals surface area contributed by atoms with Gasteiger partial charge in [-0.25, -0.2) is 0 Å². The van der Waals surface area contributed by atoms with Crippen LogP contribution in [-0.2, 0) is 9.47 Å². The molecule has 2 atom stereocenters. The topological polar surface area (TPSA) is 18.5 Å². The summed E-state index contributed by atoms with van der Waals surface area (Å²) >= 11 is 11.2. The zero-order chi connectivity index (χ0) is 9.03. The van der Waals surface area contributed by atoms with Crippen molar-refractivity contribution in [3.63, 3.8) is 0 Å². The fourth-order valence-corrected chi connectivity index (χ4v) is 1.57. The van der Waals surface area contributed by atoms with Gasteiger partial charge in [-0.05, 0) is 13.3 Å². The first-order valence-corrected chi connectivity index (χ1v) is 5.21. The first-order chi connectivity index (χ1) is 5.70. The van der Waals surface area contributed by atoms with Gasteiger partial charge < -0.3 is 9.47 Å². The van der Waals surface area contributed by atoms with E-state index in [0.29, 0.717) is 18.4 Å². The highest BCUT2D eigenvalue weighted by Gasteiger charge is 2.35. The summed E-state index contributed by atoms with van der Waals surface area (Å²) in [7, 11) is 0. The van der Waals surface area contributed by atoms with Crippen molar-refractivity contribution in [3.05, 3.63) is 0 Å². The molecule has 0 radical (unpaired) electrons. The van der Waals surface area contributed by atoms with Crippen molar-refractivity contribution in [1.82, 2.24) is 0 Å². The van der Waals surface area contributed by atoms with E-state index in [1.165, 1.54) is 0 Å². The fraction of sp³-hybridized carbons (Fsp3) is 1.00. The predicted octanol–water partition coefficient (Wildman–Crippen LogP) is 2.38. The summed E-state index contributed by atoms with van der Waals surface area (Å²) in [6.45, 7) is 2.54. The van der Waals surface area contributed by atoms with Crippen LogP contribution in [0.25, 0.3) is 0 Å². The van der Waals surface area contributed by atoms with E-state index >= 15 is 0 Å². The van der Waals surface area contributed by atoms with E-state index in [2.05, 4.69) is 0 Å². The summed E-state index contributed by atoms with van der Waals surface area (Å²) in [4.78, 5) is 0. The van der Waals surface area contributed by atoms with Crippen molar-refractivity contribution in [3.8, 4) is 0 Å². The molecule has 1 saturated heterocycles. The fourth-order valence-electron chi connectivity index (χ4n) is 1.28. The largest absolute Gasteiger partial charge is 0.347 e. The Hall–Kier alpha value is 0.500. The molecule has 1 aliphatic heterocycles. The van der Waals surface area contributed by atoms with Crippen LogP contribution in [0.5, 0.6) is 0 Å². The van der Waals surface area contributed by atoms with Gasteiger partial charge in [-0.15, -0.1) is 23.2 Å². The van der Waals surface area contributed by atoms with Crippen LogP contribution in [0.3, 0.4) is 0 Å². The highest BCUT2D eigenvalue weighted by Crippen LogP contribution is 2.28. The third-order valence-corrected chi connectivity index (χ3v) is 2.54. The van der Waals surface area contributed by atoms with Gasteiger partial charge in [0.15, 0.2) is 5.79 Å². The molecule has 12 heavy (non-hydrogen) atoms. The molecule has 2 unspecified atom stereocenters. The van der Waals surface area contributed by atoms with E-state index in [-0.39, 0.29) is 6.10 Å². The smallest absolute Gasteiger partial charge is 0.166 e. The molecule has 0 saturated carbocycles. The van der Waals surface area contributed by atoms with Gasteiger partial charge in [-0.2, -0.15) is 0 Å². The molecule has 0 aromatic heterocycles. The van der Waals surface area contributed by atoms with Crippen molar-refractivity contribution in [2.45, 2.75) is 31.7 Å². The minimum atomic E-state index is -0.450. The van der Waals surface area contributed by atoms with Crippen molar-refractivity contribution >= 4 is 23.2 Å². The maximum Gasteiger partial charge on any atom is 0.166 e. The number of halogens is 2. The molecule has 4 heteroatoms. The van der Waals surface area contributed by atoms with E-state index < -0.39 is 5.79 Å². The van der Waals surface area contributed by atoms with Gasteiger partial charge in [0.25, 0.3) is 0 Å². The van der Waals surface area contributed by atoms with Crippen molar-refractivity contribution in [2.24, 2.45) is 0 Å². The molecule has 72 valence electrons. The van der Waals surface area contributed by atoms with Crippen LogP contribution in [0.15, 0.2) is 0 Å². The molecule has 0 aromatic carbocycles. The van der Waals surface area contributed by atoms with Crippen LogP contribution in [0.2, 0.25) is 0 Å².